The van der Waals surface area contributed by atoms with Gasteiger partial charge in [0.25, 0.3) is 0 Å². The molecule has 2 rings (SSSR count). The van der Waals surface area contributed by atoms with Crippen LogP contribution < -0.4 is 0 Å². The van der Waals surface area contributed by atoms with Crippen LogP contribution in [0.15, 0.2) is 35.5 Å². The van der Waals surface area contributed by atoms with Crippen LogP contribution in [0.1, 0.15) is 12.5 Å². The van der Waals surface area contributed by atoms with E-state index in [0.29, 0.717) is 4.31 Å². The van der Waals surface area contributed by atoms with Gasteiger partial charge in [0.2, 0.25) is 10.0 Å². The second-order valence-corrected chi connectivity index (χ2v) is 7.11. The van der Waals surface area contributed by atoms with Crippen LogP contribution in [0, 0.1) is 12.7 Å². The summed E-state index contributed by atoms with van der Waals surface area (Å²) in [5, 5.41) is 12.9. The van der Waals surface area contributed by atoms with E-state index in [0.717, 1.165) is 18.7 Å². The van der Waals surface area contributed by atoms with Gasteiger partial charge in [0, 0.05) is 13.2 Å². The molecule has 0 bridgehead atoms. The second-order valence-electron chi connectivity index (χ2n) is 5.11. The monoisotopic (exact) mass is 341 g/mol. The van der Waals surface area contributed by atoms with Gasteiger partial charge < -0.3 is 5.11 Å². The molecule has 0 aliphatic carbocycles. The average Bonchev–Trinajstić information content (AvgIpc) is 2.91. The lowest BCUT2D eigenvalue weighted by atomic mass is 10.3. The fraction of sp³-hybridized carbons (Fsp3) is 0.286. The summed E-state index contributed by atoms with van der Waals surface area (Å²) >= 11 is 0. The van der Waals surface area contributed by atoms with Crippen molar-refractivity contribution in [2.24, 2.45) is 0 Å². The van der Waals surface area contributed by atoms with E-state index in [2.05, 4.69) is 5.10 Å². The highest BCUT2D eigenvalue weighted by atomic mass is 32.2. The van der Waals surface area contributed by atoms with Crippen LogP contribution in [0.5, 0.6) is 0 Å². The third-order valence-corrected chi connectivity index (χ3v) is 5.38. The minimum atomic E-state index is -4.12. The van der Waals surface area contributed by atoms with Gasteiger partial charge in [-0.3, -0.25) is 4.79 Å². The minimum Gasteiger partial charge on any atom is -0.480 e. The number of carbonyl (C=O) groups is 1. The topological polar surface area (TPSA) is 92.5 Å². The average molecular weight is 341 g/mol. The molecule has 7 nitrogen and oxygen atoms in total. The lowest BCUT2D eigenvalue weighted by Gasteiger charge is -2.21. The number of aromatic nitrogens is 2. The Hall–Kier alpha value is -2.26. The van der Waals surface area contributed by atoms with Gasteiger partial charge in [-0.25, -0.2) is 17.5 Å². The Kier molecular flexibility index (Phi) is 4.53. The van der Waals surface area contributed by atoms with Gasteiger partial charge in [-0.15, -0.1) is 0 Å². The van der Waals surface area contributed by atoms with E-state index in [9.17, 15) is 17.6 Å². The molecule has 0 radical (unpaired) electrons. The van der Waals surface area contributed by atoms with E-state index in [1.54, 1.807) is 19.3 Å². The number of hydrogen-bond acceptors (Lipinski definition) is 4. The summed E-state index contributed by atoms with van der Waals surface area (Å²) in [5.41, 5.74) is 0.933. The predicted molar refractivity (Wildman–Crippen MR) is 80.3 cm³/mol. The van der Waals surface area contributed by atoms with E-state index in [4.69, 9.17) is 5.11 Å². The van der Waals surface area contributed by atoms with E-state index in [1.807, 2.05) is 0 Å². The Morgan fingerprint density at radius 2 is 2.09 bits per heavy atom. The van der Waals surface area contributed by atoms with Crippen molar-refractivity contribution in [1.82, 2.24) is 14.1 Å². The van der Waals surface area contributed by atoms with Crippen molar-refractivity contribution in [3.05, 3.63) is 42.0 Å². The zero-order valence-electron chi connectivity index (χ0n) is 12.8. The second kappa shape index (κ2) is 6.09. The normalized spacial score (nSPS) is 13.3. The molecule has 0 aliphatic rings. The Morgan fingerprint density at radius 3 is 2.57 bits per heavy atom. The predicted octanol–water partition coefficient (Wildman–Crippen LogP) is 1.41. The third kappa shape index (κ3) is 3.25. The van der Waals surface area contributed by atoms with Gasteiger partial charge >= 0.3 is 5.97 Å². The lowest BCUT2D eigenvalue weighted by molar-refractivity contribution is -0.140. The van der Waals surface area contributed by atoms with E-state index in [-0.39, 0.29) is 10.6 Å². The van der Waals surface area contributed by atoms with Crippen LogP contribution in [0.25, 0.3) is 5.69 Å². The molecule has 1 aromatic heterocycles. The summed E-state index contributed by atoms with van der Waals surface area (Å²) in [6.45, 7) is 3.03. The summed E-state index contributed by atoms with van der Waals surface area (Å²) in [6, 6.07) is 2.09. The van der Waals surface area contributed by atoms with E-state index in [1.165, 1.54) is 23.7 Å². The van der Waals surface area contributed by atoms with Gasteiger partial charge in [0.1, 0.15) is 17.5 Å². The van der Waals surface area contributed by atoms with Crippen LogP contribution >= 0.6 is 0 Å². The van der Waals surface area contributed by atoms with Gasteiger partial charge in [-0.1, -0.05) is 0 Å². The van der Waals surface area contributed by atoms with Crippen molar-refractivity contribution in [2.75, 3.05) is 7.05 Å². The van der Waals surface area contributed by atoms with Crippen LogP contribution in [0.2, 0.25) is 0 Å². The maximum atomic E-state index is 14.2. The molecule has 2 aromatic rings. The number of likely N-dealkylation sites (N-methyl/N-ethyl adjacent to an activating group) is 1. The highest BCUT2D eigenvalue weighted by molar-refractivity contribution is 7.89. The zero-order chi connectivity index (χ0) is 17.4. The van der Waals surface area contributed by atoms with Crippen molar-refractivity contribution >= 4 is 16.0 Å². The number of sulfonamides is 1. The van der Waals surface area contributed by atoms with E-state index >= 15 is 0 Å². The smallest absolute Gasteiger partial charge is 0.321 e. The van der Waals surface area contributed by atoms with Crippen LogP contribution in [0.3, 0.4) is 0 Å². The lowest BCUT2D eigenvalue weighted by Crippen LogP contribution is -2.40. The van der Waals surface area contributed by atoms with Crippen LogP contribution in [-0.2, 0) is 14.8 Å². The number of rotatable bonds is 5. The summed E-state index contributed by atoms with van der Waals surface area (Å²) in [4.78, 5) is 10.6. The maximum absolute atomic E-state index is 14.2. The van der Waals surface area contributed by atoms with Gasteiger partial charge in [0.05, 0.1) is 11.1 Å². The first kappa shape index (κ1) is 17.1. The minimum absolute atomic E-state index is 0.103. The number of carboxylic acid groups (broad SMARTS) is 1. The third-order valence-electron chi connectivity index (χ3n) is 3.46. The van der Waals surface area contributed by atoms with Crippen LogP contribution in [-0.4, -0.2) is 46.7 Å². The Morgan fingerprint density at radius 1 is 1.43 bits per heavy atom. The summed E-state index contributed by atoms with van der Waals surface area (Å²) in [5.74, 6) is -2.06. The molecule has 23 heavy (non-hydrogen) atoms. The van der Waals surface area contributed by atoms with Crippen molar-refractivity contribution in [1.29, 1.82) is 0 Å². The van der Waals surface area contributed by atoms with Crippen molar-refractivity contribution in [3.8, 4) is 5.69 Å². The SMILES string of the molecule is Cc1cnn(-c2ccc(S(=O)(=O)N(C)C(C)C(=O)O)cc2F)c1. The fourth-order valence-corrected chi connectivity index (χ4v) is 3.24. The van der Waals surface area contributed by atoms with Crippen molar-refractivity contribution in [2.45, 2.75) is 24.8 Å². The number of aryl methyl sites for hydroxylation is 1. The molecule has 1 unspecified atom stereocenters. The first-order chi connectivity index (χ1) is 10.6. The Balaban J connectivity index is 2.42. The number of aliphatic carboxylic acids is 1. The zero-order valence-corrected chi connectivity index (χ0v) is 13.6. The molecule has 9 heteroatoms. The summed E-state index contributed by atoms with van der Waals surface area (Å²) < 4.78 is 40.9. The number of nitrogens with zero attached hydrogens (tertiary/aromatic N) is 3. The molecule has 0 fully saturated rings. The number of carboxylic acids is 1. The van der Waals surface area contributed by atoms with Gasteiger partial charge in [-0.2, -0.15) is 9.40 Å². The first-order valence-electron chi connectivity index (χ1n) is 6.66. The molecule has 0 saturated carbocycles. The Labute approximate surface area is 133 Å². The number of hydrogen-bond donors (Lipinski definition) is 1. The number of halogens is 1. The molecular formula is C14H16FN3O4S. The van der Waals surface area contributed by atoms with Crippen molar-refractivity contribution in [3.63, 3.8) is 0 Å². The Bertz CT molecular complexity index is 847. The number of benzene rings is 1. The van der Waals surface area contributed by atoms with Crippen molar-refractivity contribution < 1.29 is 22.7 Å². The molecule has 124 valence electrons. The molecule has 1 atom stereocenters. The van der Waals surface area contributed by atoms with Crippen LogP contribution in [0.4, 0.5) is 4.39 Å². The highest BCUT2D eigenvalue weighted by Gasteiger charge is 2.30. The molecule has 0 amide bonds. The molecule has 0 spiro atoms. The largest absolute Gasteiger partial charge is 0.480 e. The summed E-state index contributed by atoms with van der Waals surface area (Å²) in [7, 11) is -2.98. The van der Waals surface area contributed by atoms with Gasteiger partial charge in [0.15, 0.2) is 0 Å². The molecule has 1 heterocycles. The molecule has 0 aliphatic heterocycles. The highest BCUT2D eigenvalue weighted by Crippen LogP contribution is 2.21. The summed E-state index contributed by atoms with van der Waals surface area (Å²) in [6.07, 6.45) is 3.15. The molecule has 0 saturated heterocycles. The molecular weight excluding hydrogens is 325 g/mol. The van der Waals surface area contributed by atoms with E-state index < -0.39 is 27.9 Å². The maximum Gasteiger partial charge on any atom is 0.321 e. The fourth-order valence-electron chi connectivity index (χ4n) is 1.91. The standard InChI is InChI=1S/C14H16FN3O4S/c1-9-7-16-18(8-9)13-5-4-11(6-12(13)15)23(21,22)17(3)10(2)14(19)20/h4-8,10H,1-3H3,(H,19,20). The van der Waals surface area contributed by atoms with Gasteiger partial charge in [-0.05, 0) is 37.6 Å². The molecule has 1 N–H and O–H groups in total. The first-order valence-corrected chi connectivity index (χ1v) is 8.10. The molecule has 1 aromatic carbocycles. The quantitative estimate of drug-likeness (QED) is 0.888.